The summed E-state index contributed by atoms with van der Waals surface area (Å²) in [6.45, 7) is 1.02. The first-order valence-electron chi connectivity index (χ1n) is 7.73. The number of Topliss-reactive ketones (excluding diaryl/α,β-unsaturated/α-hetero) is 1. The Morgan fingerprint density at radius 3 is 2.86 bits per heavy atom. The number of ether oxygens (including phenoxy) is 2. The highest BCUT2D eigenvalue weighted by Crippen LogP contribution is 2.34. The van der Waals surface area contributed by atoms with Crippen molar-refractivity contribution in [3.05, 3.63) is 35.9 Å². The van der Waals surface area contributed by atoms with Crippen LogP contribution < -0.4 is 0 Å². The third kappa shape index (κ3) is 3.70. The van der Waals surface area contributed by atoms with Gasteiger partial charge in [-0.05, 0) is 18.4 Å². The van der Waals surface area contributed by atoms with Crippen LogP contribution in [0.1, 0.15) is 31.2 Å². The van der Waals surface area contributed by atoms with Crippen molar-refractivity contribution in [3.63, 3.8) is 0 Å². The van der Waals surface area contributed by atoms with Crippen molar-refractivity contribution >= 4 is 5.78 Å². The maximum absolute atomic E-state index is 11.8. The molecule has 1 aromatic rings. The second kappa shape index (κ2) is 6.69. The first kappa shape index (κ1) is 14.7. The first-order chi connectivity index (χ1) is 10.3. The summed E-state index contributed by atoms with van der Waals surface area (Å²) in [6, 6.07) is 9.96. The van der Waals surface area contributed by atoms with Crippen LogP contribution in [0.4, 0.5) is 0 Å². The molecule has 4 heteroatoms. The van der Waals surface area contributed by atoms with Crippen LogP contribution >= 0.6 is 0 Å². The van der Waals surface area contributed by atoms with Crippen LogP contribution in [-0.4, -0.2) is 35.8 Å². The molecule has 2 aliphatic rings. The molecule has 0 radical (unpaired) electrons. The second-order valence-corrected chi connectivity index (χ2v) is 5.95. The Morgan fingerprint density at radius 2 is 2.10 bits per heavy atom. The van der Waals surface area contributed by atoms with E-state index in [1.165, 1.54) is 0 Å². The lowest BCUT2D eigenvalue weighted by atomic mass is 9.82. The van der Waals surface area contributed by atoms with E-state index in [1.54, 1.807) is 0 Å². The molecule has 0 bridgehead atoms. The molecule has 114 valence electrons. The van der Waals surface area contributed by atoms with Crippen LogP contribution in [0.3, 0.4) is 0 Å². The molecule has 2 fully saturated rings. The van der Waals surface area contributed by atoms with Gasteiger partial charge in [-0.1, -0.05) is 36.8 Å². The van der Waals surface area contributed by atoms with Crippen LogP contribution in [-0.2, 0) is 20.9 Å². The second-order valence-electron chi connectivity index (χ2n) is 5.95. The Labute approximate surface area is 125 Å². The highest BCUT2D eigenvalue weighted by molar-refractivity contribution is 5.82. The fraction of sp³-hybridized carbons (Fsp3) is 0.588. The van der Waals surface area contributed by atoms with E-state index in [0.717, 1.165) is 24.8 Å². The zero-order valence-corrected chi connectivity index (χ0v) is 12.1. The molecule has 0 aromatic heterocycles. The van der Waals surface area contributed by atoms with Crippen molar-refractivity contribution < 1.29 is 19.4 Å². The van der Waals surface area contributed by atoms with E-state index >= 15 is 0 Å². The van der Waals surface area contributed by atoms with Gasteiger partial charge in [0, 0.05) is 12.3 Å². The molecule has 1 aromatic carbocycles. The number of hydrogen-bond donors (Lipinski definition) is 1. The number of benzene rings is 1. The van der Waals surface area contributed by atoms with E-state index < -0.39 is 6.10 Å². The molecule has 2 unspecified atom stereocenters. The van der Waals surface area contributed by atoms with Gasteiger partial charge in [-0.2, -0.15) is 0 Å². The fourth-order valence-corrected chi connectivity index (χ4v) is 3.06. The Bertz CT molecular complexity index is 473. The standard InChI is InChI=1S/C17H22O4/c18-14-9-5-4-8-13(14)16(19)17-15(21-17)11-20-10-12-6-2-1-3-7-12/h1-3,6-7,13,15-17,19H,4-5,8-11H2/t13?,15-,16?,17+/m1/s1. The van der Waals surface area contributed by atoms with Crippen LogP contribution in [0.2, 0.25) is 0 Å². The Hall–Kier alpha value is -1.23. The average Bonchev–Trinajstić information content (AvgIpc) is 3.28. The van der Waals surface area contributed by atoms with E-state index in [4.69, 9.17) is 9.47 Å². The van der Waals surface area contributed by atoms with Gasteiger partial charge in [0.05, 0.1) is 19.3 Å². The van der Waals surface area contributed by atoms with E-state index in [-0.39, 0.29) is 23.9 Å². The zero-order chi connectivity index (χ0) is 14.7. The molecule has 1 saturated carbocycles. The predicted octanol–water partition coefficient (Wildman–Crippen LogP) is 2.09. The van der Waals surface area contributed by atoms with Gasteiger partial charge in [0.15, 0.2) is 0 Å². The topological polar surface area (TPSA) is 59.1 Å². The zero-order valence-electron chi connectivity index (χ0n) is 12.1. The molecule has 1 aliphatic carbocycles. The highest BCUT2D eigenvalue weighted by Gasteiger charge is 2.48. The predicted molar refractivity (Wildman–Crippen MR) is 77.7 cm³/mol. The van der Waals surface area contributed by atoms with Crippen LogP contribution in [0.5, 0.6) is 0 Å². The number of hydrogen-bond acceptors (Lipinski definition) is 4. The maximum Gasteiger partial charge on any atom is 0.138 e. The monoisotopic (exact) mass is 290 g/mol. The van der Waals surface area contributed by atoms with Gasteiger partial charge in [0.25, 0.3) is 0 Å². The maximum atomic E-state index is 11.8. The van der Waals surface area contributed by atoms with Crippen LogP contribution in [0.15, 0.2) is 30.3 Å². The molecule has 1 aliphatic heterocycles. The molecule has 21 heavy (non-hydrogen) atoms. The highest BCUT2D eigenvalue weighted by atomic mass is 16.6. The number of aliphatic hydroxyl groups is 1. The van der Waals surface area contributed by atoms with Crippen molar-refractivity contribution in [1.29, 1.82) is 0 Å². The molecule has 1 saturated heterocycles. The summed E-state index contributed by atoms with van der Waals surface area (Å²) in [4.78, 5) is 11.8. The van der Waals surface area contributed by atoms with Gasteiger partial charge >= 0.3 is 0 Å². The lowest BCUT2D eigenvalue weighted by molar-refractivity contribution is -0.129. The summed E-state index contributed by atoms with van der Waals surface area (Å²) in [5.74, 6) is -0.0453. The first-order valence-corrected chi connectivity index (χ1v) is 7.73. The summed E-state index contributed by atoms with van der Waals surface area (Å²) in [5.41, 5.74) is 1.12. The van der Waals surface area contributed by atoms with Gasteiger partial charge in [-0.3, -0.25) is 4.79 Å². The van der Waals surface area contributed by atoms with E-state index in [1.807, 2.05) is 30.3 Å². The van der Waals surface area contributed by atoms with Crippen LogP contribution in [0.25, 0.3) is 0 Å². The lowest BCUT2D eigenvalue weighted by Crippen LogP contribution is -2.35. The van der Waals surface area contributed by atoms with Crippen molar-refractivity contribution in [3.8, 4) is 0 Å². The number of epoxide rings is 1. The summed E-state index contributed by atoms with van der Waals surface area (Å²) >= 11 is 0. The minimum atomic E-state index is -0.664. The summed E-state index contributed by atoms with van der Waals surface area (Å²) in [5, 5.41) is 10.3. The SMILES string of the molecule is O=C1CCCCC1C(O)[C@H]1O[C@@H]1COCc1ccccc1. The summed E-state index contributed by atoms with van der Waals surface area (Å²) < 4.78 is 11.1. The molecular weight excluding hydrogens is 268 g/mol. The largest absolute Gasteiger partial charge is 0.390 e. The van der Waals surface area contributed by atoms with Gasteiger partial charge in [-0.15, -0.1) is 0 Å². The van der Waals surface area contributed by atoms with Crippen molar-refractivity contribution in [1.82, 2.24) is 0 Å². The molecular formula is C17H22O4. The number of ketones is 1. The average molecular weight is 290 g/mol. The number of aliphatic hydroxyl groups excluding tert-OH is 1. The molecule has 4 atom stereocenters. The summed E-state index contributed by atoms with van der Waals surface area (Å²) in [7, 11) is 0. The number of rotatable bonds is 6. The van der Waals surface area contributed by atoms with Gasteiger partial charge in [0.2, 0.25) is 0 Å². The molecule has 4 nitrogen and oxygen atoms in total. The smallest absolute Gasteiger partial charge is 0.138 e. The van der Waals surface area contributed by atoms with Crippen LogP contribution in [0, 0.1) is 5.92 Å². The van der Waals surface area contributed by atoms with Gasteiger partial charge in [0.1, 0.15) is 18.0 Å². The normalized spacial score (nSPS) is 30.1. The lowest BCUT2D eigenvalue weighted by Gasteiger charge is -2.24. The molecule has 1 N–H and O–H groups in total. The van der Waals surface area contributed by atoms with Gasteiger partial charge < -0.3 is 14.6 Å². The minimum Gasteiger partial charge on any atom is -0.390 e. The number of carbonyl (C=O) groups is 1. The molecule has 0 spiro atoms. The van der Waals surface area contributed by atoms with E-state index in [2.05, 4.69) is 0 Å². The quantitative estimate of drug-likeness (QED) is 0.815. The van der Waals surface area contributed by atoms with E-state index in [0.29, 0.717) is 19.6 Å². The third-order valence-electron chi connectivity index (χ3n) is 4.37. The Balaban J connectivity index is 1.40. The fourth-order valence-electron chi connectivity index (χ4n) is 3.06. The summed E-state index contributed by atoms with van der Waals surface area (Å²) in [6.07, 6.45) is 2.41. The Kier molecular flexibility index (Phi) is 4.68. The molecule has 0 amide bonds. The van der Waals surface area contributed by atoms with Gasteiger partial charge in [-0.25, -0.2) is 0 Å². The van der Waals surface area contributed by atoms with Crippen molar-refractivity contribution in [2.75, 3.05) is 6.61 Å². The van der Waals surface area contributed by atoms with E-state index in [9.17, 15) is 9.90 Å². The third-order valence-corrected chi connectivity index (χ3v) is 4.37. The molecule has 1 heterocycles. The van der Waals surface area contributed by atoms with Crippen molar-refractivity contribution in [2.24, 2.45) is 5.92 Å². The Morgan fingerprint density at radius 1 is 1.29 bits per heavy atom. The molecule has 3 rings (SSSR count). The minimum absolute atomic E-state index is 0.0709. The van der Waals surface area contributed by atoms with Crippen molar-refractivity contribution in [2.45, 2.75) is 50.6 Å². The number of carbonyl (C=O) groups excluding carboxylic acids is 1.